The van der Waals surface area contributed by atoms with Crippen molar-refractivity contribution in [1.29, 1.82) is 0 Å². The van der Waals surface area contributed by atoms with E-state index in [0.29, 0.717) is 13.1 Å². The second-order valence-corrected chi connectivity index (χ2v) is 15.7. The Balaban J connectivity index is 1.10. The van der Waals surface area contributed by atoms with Crippen LogP contribution in [0.3, 0.4) is 0 Å². The molecule has 2 aliphatic rings. The van der Waals surface area contributed by atoms with Gasteiger partial charge in [0.1, 0.15) is 28.5 Å². The summed E-state index contributed by atoms with van der Waals surface area (Å²) < 4.78 is 13.2. The molecule has 2 saturated heterocycles. The highest BCUT2D eigenvalue weighted by Crippen LogP contribution is 2.38. The van der Waals surface area contributed by atoms with Gasteiger partial charge in [-0.05, 0) is 90.0 Å². The fourth-order valence-corrected chi connectivity index (χ4v) is 7.05. The van der Waals surface area contributed by atoms with Gasteiger partial charge >= 0.3 is 12.2 Å². The zero-order valence-electron chi connectivity index (χ0n) is 31.1. The van der Waals surface area contributed by atoms with E-state index >= 15 is 0 Å². The number of aryl methyl sites for hydroxylation is 1. The van der Waals surface area contributed by atoms with Gasteiger partial charge in [-0.1, -0.05) is 48.5 Å². The van der Waals surface area contributed by atoms with E-state index in [1.54, 1.807) is 16.0 Å². The number of likely N-dealkylation sites (tertiary alicyclic amines) is 2. The number of nitrogens with one attached hydrogen (secondary N) is 2. The number of hydrogen-bond acceptors (Lipinski definition) is 7. The van der Waals surface area contributed by atoms with Crippen molar-refractivity contribution in [2.45, 2.75) is 90.5 Å². The highest BCUT2D eigenvalue weighted by atomic mass is 16.6. The van der Waals surface area contributed by atoms with Crippen LogP contribution in [0.5, 0.6) is 0 Å². The summed E-state index contributed by atoms with van der Waals surface area (Å²) in [6, 6.07) is 18.4. The standard InChI is InChI=1S/C40H48N8O4/c1-39(2,3)51-37(49)47-22-8-10-31(47)35-41-24-29(43-35)27-16-12-25(13-17-27)26-14-18-28(19-15-26)33-34(30-20-21-42-46(30)7)45-36(44-33)32-11-9-23-48(32)38(50)52-40(4,5)6/h12-21,24,31-32H,8-11,22-23H2,1-7H3,(H,41,43)(H,44,45)/t31-,32-/m0/s1. The molecule has 0 spiro atoms. The summed E-state index contributed by atoms with van der Waals surface area (Å²) in [4.78, 5) is 46.3. The van der Waals surface area contributed by atoms with Crippen LogP contribution in [0.15, 0.2) is 67.0 Å². The number of imidazole rings is 2. The number of H-pyrrole nitrogens is 2. The molecule has 2 fully saturated rings. The molecule has 0 saturated carbocycles. The highest BCUT2D eigenvalue weighted by molar-refractivity contribution is 5.79. The number of nitrogens with zero attached hydrogens (tertiary/aromatic N) is 6. The molecule has 2 amide bonds. The number of aromatic amines is 2. The Labute approximate surface area is 304 Å². The van der Waals surface area contributed by atoms with Gasteiger partial charge in [0.15, 0.2) is 0 Å². The van der Waals surface area contributed by atoms with E-state index < -0.39 is 11.2 Å². The second-order valence-electron chi connectivity index (χ2n) is 15.7. The van der Waals surface area contributed by atoms with Crippen LogP contribution >= 0.6 is 0 Å². The Bertz CT molecular complexity index is 2050. The van der Waals surface area contributed by atoms with Gasteiger partial charge in [0, 0.05) is 31.9 Å². The Hall–Kier alpha value is -5.39. The lowest BCUT2D eigenvalue weighted by atomic mass is 10.0. The summed E-state index contributed by atoms with van der Waals surface area (Å²) in [5.74, 6) is 1.51. The fraction of sp³-hybridized carbons (Fsp3) is 0.425. The maximum atomic E-state index is 13.1. The van der Waals surface area contributed by atoms with Gasteiger partial charge in [-0.3, -0.25) is 14.5 Å². The minimum Gasteiger partial charge on any atom is -0.444 e. The summed E-state index contributed by atoms with van der Waals surface area (Å²) in [6.45, 7) is 12.6. The van der Waals surface area contributed by atoms with Gasteiger partial charge in [0.2, 0.25) is 0 Å². The van der Waals surface area contributed by atoms with Gasteiger partial charge in [0.25, 0.3) is 0 Å². The first kappa shape index (κ1) is 35.0. The molecule has 0 unspecified atom stereocenters. The number of carbonyl (C=O) groups excluding carboxylic acids is 2. The number of aromatic nitrogens is 6. The Morgan fingerprint density at radius 3 is 1.75 bits per heavy atom. The molecule has 12 heteroatoms. The number of rotatable bonds is 6. The van der Waals surface area contributed by atoms with Crippen molar-refractivity contribution >= 4 is 12.2 Å². The van der Waals surface area contributed by atoms with E-state index in [2.05, 4.69) is 68.6 Å². The molecule has 2 atom stereocenters. The number of carbonyl (C=O) groups is 2. The molecule has 3 aromatic heterocycles. The van der Waals surface area contributed by atoms with Crippen LogP contribution in [-0.2, 0) is 16.5 Å². The minimum absolute atomic E-state index is 0.132. The number of ether oxygens (including phenoxy) is 2. The van der Waals surface area contributed by atoms with E-state index in [4.69, 9.17) is 14.5 Å². The van der Waals surface area contributed by atoms with Gasteiger partial charge < -0.3 is 19.4 Å². The van der Waals surface area contributed by atoms with Crippen molar-refractivity contribution in [3.05, 3.63) is 78.6 Å². The van der Waals surface area contributed by atoms with E-state index in [-0.39, 0.29) is 24.3 Å². The van der Waals surface area contributed by atoms with Gasteiger partial charge in [-0.2, -0.15) is 5.10 Å². The molecular formula is C40H48N8O4. The number of benzene rings is 2. The van der Waals surface area contributed by atoms with Crippen LogP contribution in [-0.4, -0.2) is 76.0 Å². The molecular weight excluding hydrogens is 656 g/mol. The first-order valence-electron chi connectivity index (χ1n) is 18.1. The first-order valence-corrected chi connectivity index (χ1v) is 18.1. The quantitative estimate of drug-likeness (QED) is 0.181. The fourth-order valence-electron chi connectivity index (χ4n) is 7.05. The van der Waals surface area contributed by atoms with Crippen LogP contribution in [0, 0.1) is 0 Å². The predicted molar refractivity (Wildman–Crippen MR) is 199 cm³/mol. The summed E-state index contributed by atoms with van der Waals surface area (Å²) in [5, 5.41) is 4.40. The average Bonchev–Trinajstić information content (AvgIpc) is 3.92. The molecule has 0 bridgehead atoms. The monoisotopic (exact) mass is 704 g/mol. The average molecular weight is 705 g/mol. The minimum atomic E-state index is -0.578. The Kier molecular flexibility index (Phi) is 9.18. The van der Waals surface area contributed by atoms with Crippen molar-refractivity contribution in [3.63, 3.8) is 0 Å². The zero-order chi connectivity index (χ0) is 36.8. The van der Waals surface area contributed by atoms with Crippen molar-refractivity contribution in [2.24, 2.45) is 7.05 Å². The van der Waals surface area contributed by atoms with Crippen molar-refractivity contribution in [2.75, 3.05) is 13.1 Å². The SMILES string of the molecule is Cn1nccc1-c1nc([C@@H]2CCCN2C(=O)OC(C)(C)C)[nH]c1-c1ccc(-c2ccc(-c3cnc([C@@H]4CCCN4C(=O)OC(C)(C)C)[nH]3)cc2)cc1. The summed E-state index contributed by atoms with van der Waals surface area (Å²) >= 11 is 0. The van der Waals surface area contributed by atoms with E-state index in [9.17, 15) is 9.59 Å². The smallest absolute Gasteiger partial charge is 0.410 e. The normalized spacial score (nSPS) is 17.9. The van der Waals surface area contributed by atoms with E-state index in [0.717, 1.165) is 82.4 Å². The van der Waals surface area contributed by atoms with Crippen LogP contribution in [0.25, 0.3) is 45.0 Å². The van der Waals surface area contributed by atoms with Gasteiger partial charge in [0.05, 0.1) is 35.4 Å². The third kappa shape index (κ3) is 7.33. The van der Waals surface area contributed by atoms with E-state index in [1.807, 2.05) is 65.5 Å². The molecule has 272 valence electrons. The molecule has 0 radical (unpaired) electrons. The largest absolute Gasteiger partial charge is 0.444 e. The van der Waals surface area contributed by atoms with Crippen molar-refractivity contribution in [3.8, 4) is 45.0 Å². The molecule has 5 aromatic rings. The lowest BCUT2D eigenvalue weighted by Crippen LogP contribution is -2.36. The van der Waals surface area contributed by atoms with E-state index in [1.165, 1.54) is 0 Å². The molecule has 7 rings (SSSR count). The lowest BCUT2D eigenvalue weighted by molar-refractivity contribution is 0.0208. The third-order valence-electron chi connectivity index (χ3n) is 9.48. The van der Waals surface area contributed by atoms with Crippen LogP contribution in [0.1, 0.15) is 91.0 Å². The first-order chi connectivity index (χ1) is 24.7. The third-order valence-corrected chi connectivity index (χ3v) is 9.48. The maximum absolute atomic E-state index is 13.1. The topological polar surface area (TPSA) is 134 Å². The van der Waals surface area contributed by atoms with Crippen LogP contribution < -0.4 is 0 Å². The molecule has 0 aliphatic carbocycles. The molecule has 2 aliphatic heterocycles. The van der Waals surface area contributed by atoms with Crippen molar-refractivity contribution < 1.29 is 19.1 Å². The number of amides is 2. The van der Waals surface area contributed by atoms with Gasteiger partial charge in [-0.25, -0.2) is 19.6 Å². The maximum Gasteiger partial charge on any atom is 0.410 e. The second kappa shape index (κ2) is 13.6. The van der Waals surface area contributed by atoms with Crippen LogP contribution in [0.4, 0.5) is 9.59 Å². The molecule has 52 heavy (non-hydrogen) atoms. The van der Waals surface area contributed by atoms with Crippen LogP contribution in [0.2, 0.25) is 0 Å². The molecule has 2 N–H and O–H groups in total. The molecule has 2 aromatic carbocycles. The summed E-state index contributed by atoms with van der Waals surface area (Å²) in [6.07, 6.45) is 6.41. The van der Waals surface area contributed by atoms with Gasteiger partial charge in [-0.15, -0.1) is 0 Å². The summed E-state index contributed by atoms with van der Waals surface area (Å²) in [7, 11) is 1.90. The van der Waals surface area contributed by atoms with Crippen molar-refractivity contribution in [1.82, 2.24) is 39.5 Å². The Morgan fingerprint density at radius 2 is 1.23 bits per heavy atom. The summed E-state index contributed by atoms with van der Waals surface area (Å²) in [5.41, 5.74) is 6.47. The predicted octanol–water partition coefficient (Wildman–Crippen LogP) is 8.68. The zero-order valence-corrected chi connectivity index (χ0v) is 31.1. The lowest BCUT2D eigenvalue weighted by Gasteiger charge is -2.27. The highest BCUT2D eigenvalue weighted by Gasteiger charge is 2.37. The number of hydrogen-bond donors (Lipinski definition) is 2. The molecule has 5 heterocycles. The Morgan fingerprint density at radius 1 is 0.712 bits per heavy atom. The molecule has 12 nitrogen and oxygen atoms in total.